The molecule has 2 heterocycles. The highest BCUT2D eigenvalue weighted by atomic mass is 16.4. The van der Waals surface area contributed by atoms with Crippen LogP contribution >= 0.6 is 0 Å². The van der Waals surface area contributed by atoms with Crippen LogP contribution in [0.1, 0.15) is 53.9 Å². The molecular formula is C13H24N2O. The lowest BCUT2D eigenvalue weighted by Crippen LogP contribution is -2.62. The Morgan fingerprint density at radius 2 is 1.94 bits per heavy atom. The molecule has 2 N–H and O–H groups in total. The molecule has 2 aliphatic heterocycles. The van der Waals surface area contributed by atoms with Crippen LogP contribution in [0.25, 0.3) is 0 Å². The zero-order valence-electron chi connectivity index (χ0n) is 11.1. The Balaban J connectivity index is 2.43. The Kier molecular flexibility index (Phi) is 2.40. The van der Waals surface area contributed by atoms with Gasteiger partial charge in [-0.15, -0.1) is 0 Å². The van der Waals surface area contributed by atoms with Crippen molar-refractivity contribution in [3.63, 3.8) is 0 Å². The molecule has 0 saturated carbocycles. The van der Waals surface area contributed by atoms with Crippen LogP contribution in [0.5, 0.6) is 0 Å². The van der Waals surface area contributed by atoms with Crippen molar-refractivity contribution in [1.29, 1.82) is 0 Å². The molecular weight excluding hydrogens is 200 g/mol. The summed E-state index contributed by atoms with van der Waals surface area (Å²) in [5, 5.41) is 16.7. The van der Waals surface area contributed by atoms with Gasteiger partial charge in [0.05, 0.1) is 5.71 Å². The quantitative estimate of drug-likeness (QED) is 0.491. The molecule has 3 heteroatoms. The van der Waals surface area contributed by atoms with E-state index in [0.717, 1.165) is 12.1 Å². The molecule has 3 unspecified atom stereocenters. The third kappa shape index (κ3) is 1.65. The Hall–Kier alpha value is -0.570. The highest BCUT2D eigenvalue weighted by Crippen LogP contribution is 2.50. The highest BCUT2D eigenvalue weighted by Gasteiger charge is 2.56. The molecule has 0 aromatic carbocycles. The first-order chi connectivity index (χ1) is 7.20. The summed E-state index contributed by atoms with van der Waals surface area (Å²) in [6.07, 6.45) is 3.22. The van der Waals surface area contributed by atoms with Crippen molar-refractivity contribution in [2.75, 3.05) is 0 Å². The molecule has 0 spiro atoms. The first kappa shape index (κ1) is 11.9. The van der Waals surface area contributed by atoms with E-state index in [9.17, 15) is 5.21 Å². The van der Waals surface area contributed by atoms with E-state index in [1.54, 1.807) is 0 Å². The molecule has 0 aromatic heterocycles. The normalized spacial score (nSPS) is 46.3. The summed E-state index contributed by atoms with van der Waals surface area (Å²) < 4.78 is 0. The van der Waals surface area contributed by atoms with Gasteiger partial charge >= 0.3 is 0 Å². The summed E-state index contributed by atoms with van der Waals surface area (Å²) in [7, 11) is 0. The van der Waals surface area contributed by atoms with Crippen molar-refractivity contribution in [3.8, 4) is 0 Å². The largest absolute Gasteiger partial charge is 0.411 e. The van der Waals surface area contributed by atoms with Crippen LogP contribution in [-0.4, -0.2) is 22.0 Å². The summed E-state index contributed by atoms with van der Waals surface area (Å²) >= 11 is 0. The van der Waals surface area contributed by atoms with E-state index in [-0.39, 0.29) is 16.5 Å². The maximum atomic E-state index is 9.28. The van der Waals surface area contributed by atoms with Crippen LogP contribution in [0.2, 0.25) is 0 Å². The molecule has 92 valence electrons. The van der Waals surface area contributed by atoms with Crippen molar-refractivity contribution in [2.45, 2.75) is 65.0 Å². The maximum absolute atomic E-state index is 9.28. The van der Waals surface area contributed by atoms with E-state index in [0.29, 0.717) is 5.92 Å². The average molecular weight is 224 g/mol. The molecule has 3 atom stereocenters. The van der Waals surface area contributed by atoms with Gasteiger partial charge in [0.15, 0.2) is 0 Å². The Morgan fingerprint density at radius 3 is 2.44 bits per heavy atom. The lowest BCUT2D eigenvalue weighted by molar-refractivity contribution is 0.142. The number of hydrogen-bond acceptors (Lipinski definition) is 3. The van der Waals surface area contributed by atoms with E-state index >= 15 is 0 Å². The predicted octanol–water partition coefficient (Wildman–Crippen LogP) is 2.78. The Morgan fingerprint density at radius 1 is 1.31 bits per heavy atom. The second-order valence-corrected chi connectivity index (χ2v) is 7.17. The number of oxime groups is 1. The second kappa shape index (κ2) is 3.22. The van der Waals surface area contributed by atoms with Crippen LogP contribution in [-0.2, 0) is 0 Å². The molecule has 2 aliphatic rings. The van der Waals surface area contributed by atoms with Gasteiger partial charge in [0.2, 0.25) is 0 Å². The maximum Gasteiger partial charge on any atom is 0.0643 e. The fraction of sp³-hybridized carbons (Fsp3) is 0.923. The van der Waals surface area contributed by atoms with E-state index in [4.69, 9.17) is 0 Å². The predicted molar refractivity (Wildman–Crippen MR) is 66.0 cm³/mol. The smallest absolute Gasteiger partial charge is 0.0643 e. The van der Waals surface area contributed by atoms with Gasteiger partial charge in [-0.05, 0) is 32.1 Å². The highest BCUT2D eigenvalue weighted by molar-refractivity contribution is 5.90. The van der Waals surface area contributed by atoms with Crippen molar-refractivity contribution in [3.05, 3.63) is 0 Å². The Bertz CT molecular complexity index is 331. The van der Waals surface area contributed by atoms with Gasteiger partial charge in [-0.2, -0.15) is 0 Å². The number of nitrogens with one attached hydrogen (secondary N) is 1. The van der Waals surface area contributed by atoms with E-state index < -0.39 is 0 Å². The van der Waals surface area contributed by atoms with Gasteiger partial charge in [0, 0.05) is 23.4 Å². The molecule has 0 amide bonds. The summed E-state index contributed by atoms with van der Waals surface area (Å²) in [5.74, 6) is 0.320. The fourth-order valence-corrected chi connectivity index (χ4v) is 4.12. The van der Waals surface area contributed by atoms with Crippen molar-refractivity contribution in [1.82, 2.24) is 5.32 Å². The molecule has 0 aliphatic carbocycles. The third-order valence-electron chi connectivity index (χ3n) is 4.32. The molecule has 2 fully saturated rings. The molecule has 0 aromatic rings. The lowest BCUT2D eigenvalue weighted by Gasteiger charge is -2.49. The number of rotatable bonds is 0. The fourth-order valence-electron chi connectivity index (χ4n) is 4.12. The molecule has 2 rings (SSSR count). The van der Waals surface area contributed by atoms with E-state index in [1.165, 1.54) is 12.8 Å². The SMILES string of the molecule is CC12CCC(C)(N1)C(C(C)(C)C)C(=NO)C2. The molecule has 2 saturated heterocycles. The average Bonchev–Trinajstić information content (AvgIpc) is 2.34. The van der Waals surface area contributed by atoms with Gasteiger partial charge in [-0.3, -0.25) is 0 Å². The van der Waals surface area contributed by atoms with Crippen LogP contribution < -0.4 is 5.32 Å². The van der Waals surface area contributed by atoms with Crippen molar-refractivity contribution < 1.29 is 5.21 Å². The third-order valence-corrected chi connectivity index (χ3v) is 4.32. The van der Waals surface area contributed by atoms with Gasteiger partial charge in [-0.25, -0.2) is 0 Å². The monoisotopic (exact) mass is 224 g/mol. The summed E-state index contributed by atoms with van der Waals surface area (Å²) in [5.41, 5.74) is 1.34. The van der Waals surface area contributed by atoms with Gasteiger partial charge < -0.3 is 10.5 Å². The topological polar surface area (TPSA) is 44.6 Å². The zero-order chi connectivity index (χ0) is 12.2. The molecule has 3 nitrogen and oxygen atoms in total. The summed E-state index contributed by atoms with van der Waals surface area (Å²) in [4.78, 5) is 0. The van der Waals surface area contributed by atoms with Crippen LogP contribution in [0.3, 0.4) is 0 Å². The molecule has 16 heavy (non-hydrogen) atoms. The van der Waals surface area contributed by atoms with Crippen molar-refractivity contribution in [2.24, 2.45) is 16.5 Å². The van der Waals surface area contributed by atoms with Crippen molar-refractivity contribution >= 4 is 5.71 Å². The van der Waals surface area contributed by atoms with Gasteiger partial charge in [-0.1, -0.05) is 25.9 Å². The standard InChI is InChI=1S/C13H24N2O/c1-11(2,3)10-9(14-16)8-12(4)6-7-13(10,5)15-12/h10,15-16H,6-8H2,1-5H3. The first-order valence-corrected chi connectivity index (χ1v) is 6.20. The number of hydrogen-bond donors (Lipinski definition) is 2. The minimum Gasteiger partial charge on any atom is -0.411 e. The summed E-state index contributed by atoms with van der Waals surface area (Å²) in [6.45, 7) is 11.2. The van der Waals surface area contributed by atoms with Crippen LogP contribution in [0, 0.1) is 11.3 Å². The minimum atomic E-state index is 0.0901. The van der Waals surface area contributed by atoms with Gasteiger partial charge in [0.1, 0.15) is 0 Å². The van der Waals surface area contributed by atoms with E-state index in [1.807, 2.05) is 0 Å². The Labute approximate surface area is 98.3 Å². The molecule has 2 bridgehead atoms. The zero-order valence-corrected chi connectivity index (χ0v) is 11.1. The number of piperidine rings is 1. The van der Waals surface area contributed by atoms with Crippen LogP contribution in [0.15, 0.2) is 5.16 Å². The molecule has 0 radical (unpaired) electrons. The van der Waals surface area contributed by atoms with Crippen LogP contribution in [0.4, 0.5) is 0 Å². The number of nitrogens with zero attached hydrogens (tertiary/aromatic N) is 1. The second-order valence-electron chi connectivity index (χ2n) is 7.17. The number of fused-ring (bicyclic) bond motifs is 2. The van der Waals surface area contributed by atoms with Gasteiger partial charge in [0.25, 0.3) is 0 Å². The lowest BCUT2D eigenvalue weighted by atomic mass is 9.64. The summed E-state index contributed by atoms with van der Waals surface area (Å²) in [6, 6.07) is 0. The minimum absolute atomic E-state index is 0.0901. The van der Waals surface area contributed by atoms with E-state index in [2.05, 4.69) is 45.1 Å². The first-order valence-electron chi connectivity index (χ1n) is 6.20.